The van der Waals surface area contributed by atoms with Gasteiger partial charge in [-0.2, -0.15) is 4.57 Å². The molecular weight excluding hydrogens is 278 g/mol. The lowest BCUT2D eigenvalue weighted by atomic mass is 10.0. The van der Waals surface area contributed by atoms with Crippen LogP contribution in [-0.2, 0) is 0 Å². The molecule has 0 bridgehead atoms. The molecule has 0 N–H and O–H groups in total. The predicted octanol–water partition coefficient (Wildman–Crippen LogP) is 4.92. The molecule has 0 saturated heterocycles. The van der Waals surface area contributed by atoms with E-state index in [4.69, 9.17) is 11.6 Å². The van der Waals surface area contributed by atoms with Gasteiger partial charge < -0.3 is 0 Å². The molecule has 0 saturated carbocycles. The molecule has 1 aromatic heterocycles. The molecule has 2 heteroatoms. The van der Waals surface area contributed by atoms with Crippen molar-refractivity contribution in [2.24, 2.45) is 0 Å². The summed E-state index contributed by atoms with van der Waals surface area (Å²) < 4.78 is 2.15. The van der Waals surface area contributed by atoms with Crippen molar-refractivity contribution in [1.82, 2.24) is 0 Å². The fraction of sp³-hybridized carbons (Fsp3) is 0. The number of benzene rings is 3. The Labute approximate surface area is 128 Å². The first kappa shape index (κ1) is 12.4. The highest BCUT2D eigenvalue weighted by molar-refractivity contribution is 6.41. The van der Waals surface area contributed by atoms with Crippen LogP contribution in [0.2, 0.25) is 5.02 Å². The van der Waals surface area contributed by atoms with E-state index in [2.05, 4.69) is 53.4 Å². The van der Waals surface area contributed by atoms with Gasteiger partial charge in [-0.25, -0.2) is 0 Å². The second-order valence-corrected chi connectivity index (χ2v) is 5.41. The Morgan fingerprint density at radius 2 is 1.05 bits per heavy atom. The van der Waals surface area contributed by atoms with Gasteiger partial charge in [0.05, 0.1) is 15.8 Å². The lowest BCUT2D eigenvalue weighted by Gasteiger charge is -2.09. The molecule has 0 unspecified atom stereocenters. The maximum atomic E-state index is 6.62. The first-order valence-electron chi connectivity index (χ1n) is 6.92. The van der Waals surface area contributed by atoms with Crippen LogP contribution in [0.15, 0.2) is 79.1 Å². The van der Waals surface area contributed by atoms with E-state index in [1.807, 2.05) is 30.3 Å². The third-order valence-corrected chi connectivity index (χ3v) is 4.22. The summed E-state index contributed by atoms with van der Waals surface area (Å²) in [4.78, 5) is 0. The number of aromatic nitrogens is 1. The monoisotopic (exact) mass is 290 g/mol. The Morgan fingerprint density at radius 1 is 0.571 bits per heavy atom. The summed E-state index contributed by atoms with van der Waals surface area (Å²) in [7, 11) is 0. The van der Waals surface area contributed by atoms with Crippen LogP contribution in [-0.4, -0.2) is 0 Å². The smallest absolute Gasteiger partial charge is 0.166 e. The van der Waals surface area contributed by atoms with Crippen molar-refractivity contribution in [2.45, 2.75) is 0 Å². The van der Waals surface area contributed by atoms with Crippen LogP contribution in [0.25, 0.3) is 27.2 Å². The Hall–Kier alpha value is -2.38. The summed E-state index contributed by atoms with van der Waals surface area (Å²) in [5.41, 5.74) is 1.17. The Kier molecular flexibility index (Phi) is 2.87. The molecule has 1 nitrogen and oxygen atoms in total. The van der Waals surface area contributed by atoms with Crippen LogP contribution in [0.5, 0.6) is 0 Å². The molecule has 4 aromatic rings. The van der Waals surface area contributed by atoms with Crippen molar-refractivity contribution < 1.29 is 4.57 Å². The molecule has 100 valence electrons. The van der Waals surface area contributed by atoms with E-state index < -0.39 is 0 Å². The highest BCUT2D eigenvalue weighted by atomic mass is 35.5. The zero-order valence-corrected chi connectivity index (χ0v) is 12.1. The van der Waals surface area contributed by atoms with Gasteiger partial charge in [0.15, 0.2) is 12.4 Å². The van der Waals surface area contributed by atoms with Crippen LogP contribution in [0.1, 0.15) is 0 Å². The molecule has 0 radical (unpaired) electrons. The fourth-order valence-corrected chi connectivity index (χ4v) is 3.21. The van der Waals surface area contributed by atoms with Gasteiger partial charge in [-0.15, -0.1) is 0 Å². The fourth-order valence-electron chi connectivity index (χ4n) is 2.88. The van der Waals surface area contributed by atoms with Gasteiger partial charge in [-0.1, -0.05) is 54.1 Å². The Morgan fingerprint density at radius 3 is 1.57 bits per heavy atom. The first-order chi connectivity index (χ1) is 10.4. The quantitative estimate of drug-likeness (QED) is 0.346. The lowest BCUT2D eigenvalue weighted by Crippen LogP contribution is -2.29. The molecule has 0 aliphatic heterocycles. The summed E-state index contributed by atoms with van der Waals surface area (Å²) in [5.74, 6) is 0. The van der Waals surface area contributed by atoms with Gasteiger partial charge in [0, 0.05) is 22.9 Å². The average molecular weight is 291 g/mol. The Bertz CT molecular complexity index is 888. The lowest BCUT2D eigenvalue weighted by molar-refractivity contribution is -0.592. The highest BCUT2D eigenvalue weighted by Crippen LogP contribution is 2.35. The van der Waals surface area contributed by atoms with Crippen molar-refractivity contribution in [3.8, 4) is 5.69 Å². The largest absolute Gasteiger partial charge is 0.226 e. The van der Waals surface area contributed by atoms with Crippen molar-refractivity contribution in [3.63, 3.8) is 0 Å². The van der Waals surface area contributed by atoms with E-state index in [1.54, 1.807) is 0 Å². The zero-order chi connectivity index (χ0) is 14.2. The molecule has 1 heterocycles. The molecular formula is C19H13ClN+. The molecule has 3 aromatic carbocycles. The molecule has 0 amide bonds. The minimum absolute atomic E-state index is 0.821. The van der Waals surface area contributed by atoms with E-state index in [1.165, 1.54) is 5.69 Å². The molecule has 0 aliphatic rings. The summed E-state index contributed by atoms with van der Waals surface area (Å²) in [6, 6.07) is 22.7. The Balaban J connectivity index is 2.28. The third-order valence-electron chi connectivity index (χ3n) is 3.81. The number of nitrogens with zero attached hydrogens (tertiary/aromatic N) is 1. The first-order valence-corrected chi connectivity index (χ1v) is 7.29. The molecule has 4 rings (SSSR count). The van der Waals surface area contributed by atoms with E-state index in [0.717, 1.165) is 26.6 Å². The van der Waals surface area contributed by atoms with Crippen LogP contribution in [0.4, 0.5) is 0 Å². The summed E-state index contributed by atoms with van der Waals surface area (Å²) >= 11 is 6.62. The second-order valence-electron chi connectivity index (χ2n) is 5.04. The number of pyridine rings is 1. The molecule has 21 heavy (non-hydrogen) atoms. The maximum absolute atomic E-state index is 6.62. The van der Waals surface area contributed by atoms with Gasteiger partial charge >= 0.3 is 0 Å². The third kappa shape index (κ3) is 1.90. The topological polar surface area (TPSA) is 3.88 Å². The number of fused-ring (bicyclic) bond motifs is 2. The zero-order valence-electron chi connectivity index (χ0n) is 11.3. The molecule has 0 aliphatic carbocycles. The van der Waals surface area contributed by atoms with E-state index in [-0.39, 0.29) is 0 Å². The van der Waals surface area contributed by atoms with Crippen molar-refractivity contribution >= 4 is 33.1 Å². The predicted molar refractivity (Wildman–Crippen MR) is 88.0 cm³/mol. The molecule has 0 atom stereocenters. The van der Waals surface area contributed by atoms with Crippen LogP contribution in [0, 0.1) is 0 Å². The number of hydrogen-bond donors (Lipinski definition) is 0. The summed E-state index contributed by atoms with van der Waals surface area (Å²) in [6.07, 6.45) is 4.14. The summed E-state index contributed by atoms with van der Waals surface area (Å²) in [5, 5.41) is 5.32. The standard InChI is InChI=1S/C19H13ClN/c20-18-14-8-2-4-10-16(14)19(21-12-6-1-7-13-21)17-11-5-3-9-15(17)18/h1-13H/q+1. The second kappa shape index (κ2) is 4.87. The number of hydrogen-bond acceptors (Lipinski definition) is 0. The SMILES string of the molecule is Clc1c2ccccc2c(-[n+]2ccccc2)c2ccccc12. The minimum atomic E-state index is 0.821. The highest BCUT2D eigenvalue weighted by Gasteiger charge is 2.18. The summed E-state index contributed by atoms with van der Waals surface area (Å²) in [6.45, 7) is 0. The maximum Gasteiger partial charge on any atom is 0.226 e. The van der Waals surface area contributed by atoms with E-state index in [0.29, 0.717) is 0 Å². The normalized spacial score (nSPS) is 11.1. The number of halogens is 1. The average Bonchev–Trinajstić information content (AvgIpc) is 2.56. The van der Waals surface area contributed by atoms with Gasteiger partial charge in [0.25, 0.3) is 0 Å². The van der Waals surface area contributed by atoms with Crippen LogP contribution < -0.4 is 4.57 Å². The van der Waals surface area contributed by atoms with Gasteiger partial charge in [0.2, 0.25) is 5.69 Å². The van der Waals surface area contributed by atoms with Crippen molar-refractivity contribution in [2.75, 3.05) is 0 Å². The van der Waals surface area contributed by atoms with Gasteiger partial charge in [-0.05, 0) is 12.1 Å². The van der Waals surface area contributed by atoms with Crippen LogP contribution in [0.3, 0.4) is 0 Å². The van der Waals surface area contributed by atoms with Crippen molar-refractivity contribution in [1.29, 1.82) is 0 Å². The van der Waals surface area contributed by atoms with Gasteiger partial charge in [0.1, 0.15) is 0 Å². The molecule has 0 spiro atoms. The molecule has 0 fully saturated rings. The van der Waals surface area contributed by atoms with Crippen LogP contribution >= 0.6 is 11.6 Å². The minimum Gasteiger partial charge on any atom is -0.166 e. The number of rotatable bonds is 1. The van der Waals surface area contributed by atoms with Gasteiger partial charge in [-0.3, -0.25) is 0 Å². The van der Waals surface area contributed by atoms with Crippen molar-refractivity contribution in [3.05, 3.63) is 84.1 Å². The van der Waals surface area contributed by atoms with E-state index in [9.17, 15) is 0 Å². The van der Waals surface area contributed by atoms with E-state index >= 15 is 0 Å².